The zero-order chi connectivity index (χ0) is 17.4. The summed E-state index contributed by atoms with van der Waals surface area (Å²) in [6, 6.07) is 19.4. The first kappa shape index (κ1) is 15.7. The molecule has 2 aromatic carbocycles. The molecular weight excluding hydrogens is 332 g/mol. The van der Waals surface area contributed by atoms with Crippen molar-refractivity contribution < 1.29 is 4.42 Å². The average molecular weight is 349 g/mol. The van der Waals surface area contributed by atoms with Gasteiger partial charge < -0.3 is 15.1 Å². The first-order chi connectivity index (χ1) is 12.2. The molecule has 4 heteroatoms. The fourth-order valence-corrected chi connectivity index (χ4v) is 3.35. The minimum atomic E-state index is 0.426. The summed E-state index contributed by atoms with van der Waals surface area (Å²) in [5.74, 6) is 0.698. The van der Waals surface area contributed by atoms with E-state index in [0.29, 0.717) is 16.1 Å². The molecule has 2 N–H and O–H groups in total. The maximum atomic E-state index is 7.91. The lowest BCUT2D eigenvalue weighted by atomic mass is 9.93. The Bertz CT molecular complexity index is 1100. The van der Waals surface area contributed by atoms with Crippen LogP contribution in [-0.4, -0.2) is 6.54 Å². The first-order valence-electron chi connectivity index (χ1n) is 8.21. The van der Waals surface area contributed by atoms with Gasteiger partial charge in [-0.15, -0.1) is 0 Å². The fourth-order valence-electron chi connectivity index (χ4n) is 3.16. The summed E-state index contributed by atoms with van der Waals surface area (Å²) in [5.41, 5.74) is 4.87. The van der Waals surface area contributed by atoms with Crippen LogP contribution < -0.4 is 10.7 Å². The van der Waals surface area contributed by atoms with Gasteiger partial charge in [0, 0.05) is 45.9 Å². The van der Waals surface area contributed by atoms with Crippen LogP contribution in [0.3, 0.4) is 0 Å². The van der Waals surface area contributed by atoms with Gasteiger partial charge in [-0.3, -0.25) is 0 Å². The molecule has 2 aliphatic rings. The molecular formula is C21H17ClN2O. The Balaban J connectivity index is 2.11. The maximum absolute atomic E-state index is 7.91. The average Bonchev–Trinajstić information content (AvgIpc) is 2.59. The molecule has 0 fully saturated rings. The molecule has 3 nitrogen and oxygen atoms in total. The van der Waals surface area contributed by atoms with Crippen LogP contribution in [0.5, 0.6) is 0 Å². The number of benzene rings is 3. The third-order valence-electron chi connectivity index (χ3n) is 4.22. The third-order valence-corrected chi connectivity index (χ3v) is 4.45. The van der Waals surface area contributed by atoms with E-state index >= 15 is 0 Å². The molecule has 0 radical (unpaired) electrons. The van der Waals surface area contributed by atoms with Gasteiger partial charge in [0.1, 0.15) is 11.3 Å². The van der Waals surface area contributed by atoms with E-state index in [1.807, 2.05) is 36.4 Å². The second-order valence-corrected chi connectivity index (χ2v) is 6.38. The molecule has 0 spiro atoms. The summed E-state index contributed by atoms with van der Waals surface area (Å²) in [6.45, 7) is 2.91. The molecule has 1 aliphatic carbocycles. The van der Waals surface area contributed by atoms with E-state index in [1.54, 1.807) is 12.1 Å². The summed E-state index contributed by atoms with van der Waals surface area (Å²) in [4.78, 5) is 0. The molecule has 0 amide bonds. The Morgan fingerprint density at radius 3 is 2.72 bits per heavy atom. The normalized spacial score (nSPS) is 11.1. The SMILES string of the molecule is CCNc1ccc2c(-c3cccc(Cl)c3)c3ccc(=N)cc-3oc2c1. The molecule has 0 saturated heterocycles. The van der Waals surface area contributed by atoms with Gasteiger partial charge >= 0.3 is 0 Å². The fraction of sp³-hybridized carbons (Fsp3) is 0.0952. The summed E-state index contributed by atoms with van der Waals surface area (Å²) in [6.07, 6.45) is 0. The van der Waals surface area contributed by atoms with E-state index in [4.69, 9.17) is 21.4 Å². The minimum absolute atomic E-state index is 0.426. The Hall–Kier alpha value is -2.78. The van der Waals surface area contributed by atoms with Crippen LogP contribution in [0.1, 0.15) is 6.92 Å². The minimum Gasteiger partial charge on any atom is -0.456 e. The van der Waals surface area contributed by atoms with E-state index < -0.39 is 0 Å². The largest absolute Gasteiger partial charge is 0.456 e. The molecule has 0 aromatic heterocycles. The van der Waals surface area contributed by atoms with Crippen molar-refractivity contribution in [3.05, 3.63) is 71.0 Å². The lowest BCUT2D eigenvalue weighted by Gasteiger charge is -2.16. The third kappa shape index (κ3) is 2.87. The van der Waals surface area contributed by atoms with Crippen LogP contribution in [-0.2, 0) is 0 Å². The van der Waals surface area contributed by atoms with Gasteiger partial charge in [0.15, 0.2) is 0 Å². The van der Waals surface area contributed by atoms with Gasteiger partial charge in [0.25, 0.3) is 0 Å². The monoisotopic (exact) mass is 348 g/mol. The van der Waals surface area contributed by atoms with Gasteiger partial charge in [-0.2, -0.15) is 0 Å². The van der Waals surface area contributed by atoms with Crippen molar-refractivity contribution in [3.63, 3.8) is 0 Å². The molecule has 0 atom stereocenters. The van der Waals surface area contributed by atoms with Gasteiger partial charge in [0.05, 0.1) is 5.36 Å². The molecule has 0 bridgehead atoms. The number of rotatable bonds is 3. The van der Waals surface area contributed by atoms with Crippen molar-refractivity contribution in [3.8, 4) is 22.5 Å². The molecule has 1 aliphatic heterocycles. The van der Waals surface area contributed by atoms with Crippen LogP contribution in [0.4, 0.5) is 5.69 Å². The van der Waals surface area contributed by atoms with Crippen LogP contribution in [0.2, 0.25) is 5.02 Å². The molecule has 0 saturated carbocycles. The molecule has 25 heavy (non-hydrogen) atoms. The predicted octanol–water partition coefficient (Wildman–Crippen LogP) is 5.77. The first-order valence-corrected chi connectivity index (χ1v) is 8.58. The quantitative estimate of drug-likeness (QED) is 0.462. The molecule has 1 heterocycles. The van der Waals surface area contributed by atoms with E-state index in [2.05, 4.69) is 24.4 Å². The summed E-state index contributed by atoms with van der Waals surface area (Å²) in [5, 5.41) is 13.4. The zero-order valence-electron chi connectivity index (χ0n) is 13.8. The highest BCUT2D eigenvalue weighted by atomic mass is 35.5. The van der Waals surface area contributed by atoms with Gasteiger partial charge in [0.2, 0.25) is 0 Å². The number of halogens is 1. The molecule has 0 unspecified atom stereocenters. The Morgan fingerprint density at radius 2 is 1.92 bits per heavy atom. The van der Waals surface area contributed by atoms with Crippen molar-refractivity contribution >= 4 is 28.3 Å². The van der Waals surface area contributed by atoms with E-state index in [1.165, 1.54) is 0 Å². The van der Waals surface area contributed by atoms with Crippen molar-refractivity contribution in [2.24, 2.45) is 0 Å². The van der Waals surface area contributed by atoms with Crippen LogP contribution in [0.15, 0.2) is 65.1 Å². The standard InChI is InChI=1S/C21H17ClN2O/c1-2-24-16-7-9-18-20(12-16)25-19-11-15(23)6-8-17(19)21(18)13-4-3-5-14(22)10-13/h3-12,23-24H,2H2,1H3. The number of fused-ring (bicyclic) bond motifs is 2. The molecule has 2 aromatic rings. The van der Waals surface area contributed by atoms with Crippen LogP contribution in [0, 0.1) is 5.41 Å². The highest BCUT2D eigenvalue weighted by Crippen LogP contribution is 2.40. The summed E-state index contributed by atoms with van der Waals surface area (Å²) >= 11 is 6.23. The Labute approximate surface area is 150 Å². The van der Waals surface area contributed by atoms with E-state index in [-0.39, 0.29) is 0 Å². The highest BCUT2D eigenvalue weighted by molar-refractivity contribution is 6.31. The second-order valence-electron chi connectivity index (χ2n) is 5.94. The van der Waals surface area contributed by atoms with Crippen LogP contribution >= 0.6 is 11.6 Å². The lowest BCUT2D eigenvalue weighted by Crippen LogP contribution is -2.00. The van der Waals surface area contributed by atoms with Crippen molar-refractivity contribution in [1.29, 1.82) is 5.41 Å². The molecule has 4 rings (SSSR count). The number of nitrogens with one attached hydrogen (secondary N) is 2. The van der Waals surface area contributed by atoms with Gasteiger partial charge in [-0.05, 0) is 48.9 Å². The smallest absolute Gasteiger partial charge is 0.137 e. The van der Waals surface area contributed by atoms with E-state index in [9.17, 15) is 0 Å². The topological polar surface area (TPSA) is 49.0 Å². The van der Waals surface area contributed by atoms with Gasteiger partial charge in [-0.25, -0.2) is 0 Å². The Morgan fingerprint density at radius 1 is 1.04 bits per heavy atom. The number of hydrogen-bond acceptors (Lipinski definition) is 3. The lowest BCUT2D eigenvalue weighted by molar-refractivity contribution is 0.619. The van der Waals surface area contributed by atoms with Crippen molar-refractivity contribution in [2.75, 3.05) is 11.9 Å². The zero-order valence-corrected chi connectivity index (χ0v) is 14.5. The summed E-state index contributed by atoms with van der Waals surface area (Å²) in [7, 11) is 0. The van der Waals surface area contributed by atoms with Crippen molar-refractivity contribution in [2.45, 2.75) is 6.92 Å². The Kier molecular flexibility index (Phi) is 3.94. The summed E-state index contributed by atoms with van der Waals surface area (Å²) < 4.78 is 6.11. The molecule has 124 valence electrons. The van der Waals surface area contributed by atoms with Crippen molar-refractivity contribution in [1.82, 2.24) is 0 Å². The maximum Gasteiger partial charge on any atom is 0.137 e. The second kappa shape index (κ2) is 6.26. The van der Waals surface area contributed by atoms with Crippen LogP contribution in [0.25, 0.3) is 33.4 Å². The number of hydrogen-bond donors (Lipinski definition) is 2. The highest BCUT2D eigenvalue weighted by Gasteiger charge is 2.17. The van der Waals surface area contributed by atoms with E-state index in [0.717, 1.165) is 39.9 Å². The van der Waals surface area contributed by atoms with Gasteiger partial charge in [-0.1, -0.05) is 23.7 Å². The predicted molar refractivity (Wildman–Crippen MR) is 103 cm³/mol. The number of anilines is 1.